The Morgan fingerprint density at radius 1 is 1.35 bits per heavy atom. The third-order valence-corrected chi connectivity index (χ3v) is 3.88. The van der Waals surface area contributed by atoms with E-state index in [0.717, 1.165) is 11.3 Å². The van der Waals surface area contributed by atoms with Crippen molar-refractivity contribution in [1.82, 2.24) is 10.1 Å². The molecule has 2 aromatic rings. The van der Waals surface area contributed by atoms with Crippen molar-refractivity contribution in [1.29, 1.82) is 0 Å². The molecule has 3 rings (SSSR count). The summed E-state index contributed by atoms with van der Waals surface area (Å²) in [5.74, 6) is 1.67. The lowest BCUT2D eigenvalue weighted by Gasteiger charge is -2.39. The Hall–Kier alpha value is -2.57. The summed E-state index contributed by atoms with van der Waals surface area (Å²) >= 11 is 0. The molecule has 1 fully saturated rings. The van der Waals surface area contributed by atoms with Gasteiger partial charge in [0.05, 0.1) is 31.3 Å². The van der Waals surface area contributed by atoms with E-state index in [4.69, 9.17) is 13.7 Å². The Morgan fingerprint density at radius 3 is 2.70 bits per heavy atom. The number of carbonyl (C=O) groups is 1. The maximum atomic E-state index is 12.2. The number of amides is 1. The van der Waals surface area contributed by atoms with Gasteiger partial charge in [0, 0.05) is 11.6 Å². The topological polar surface area (TPSA) is 85.8 Å². The average Bonchev–Trinajstić information content (AvgIpc) is 2.73. The van der Waals surface area contributed by atoms with Gasteiger partial charge in [-0.1, -0.05) is 5.16 Å². The van der Waals surface area contributed by atoms with E-state index in [1.165, 1.54) is 6.07 Å². The van der Waals surface area contributed by atoms with E-state index in [2.05, 4.69) is 5.16 Å². The van der Waals surface area contributed by atoms with Crippen LogP contribution in [0.4, 0.5) is 0 Å². The van der Waals surface area contributed by atoms with E-state index < -0.39 is 5.63 Å². The van der Waals surface area contributed by atoms with Crippen molar-refractivity contribution in [3.05, 3.63) is 45.3 Å². The van der Waals surface area contributed by atoms with Gasteiger partial charge >= 0.3 is 5.63 Å². The van der Waals surface area contributed by atoms with Crippen molar-refractivity contribution in [2.75, 3.05) is 13.1 Å². The Kier molecular flexibility index (Phi) is 3.94. The summed E-state index contributed by atoms with van der Waals surface area (Å²) in [6, 6.07) is 2.97. The molecule has 2 aromatic heterocycles. The zero-order valence-corrected chi connectivity index (χ0v) is 13.3. The van der Waals surface area contributed by atoms with Crippen LogP contribution in [0.15, 0.2) is 25.9 Å². The van der Waals surface area contributed by atoms with Crippen LogP contribution in [0.1, 0.15) is 22.8 Å². The van der Waals surface area contributed by atoms with Crippen molar-refractivity contribution in [3.63, 3.8) is 0 Å². The molecular formula is C16H18N2O5. The third-order valence-electron chi connectivity index (χ3n) is 3.88. The van der Waals surface area contributed by atoms with Gasteiger partial charge in [0.15, 0.2) is 0 Å². The third kappa shape index (κ3) is 3.28. The summed E-state index contributed by atoms with van der Waals surface area (Å²) in [6.07, 6.45) is 0.173. The van der Waals surface area contributed by atoms with E-state index >= 15 is 0 Å². The second kappa shape index (κ2) is 5.91. The number of ether oxygens (including phenoxy) is 1. The van der Waals surface area contributed by atoms with Crippen LogP contribution in [-0.4, -0.2) is 35.2 Å². The summed E-state index contributed by atoms with van der Waals surface area (Å²) in [4.78, 5) is 25.2. The van der Waals surface area contributed by atoms with Crippen molar-refractivity contribution in [2.45, 2.75) is 33.3 Å². The van der Waals surface area contributed by atoms with Gasteiger partial charge in [0.2, 0.25) is 5.91 Å². The number of aromatic nitrogens is 1. The quantitative estimate of drug-likeness (QED) is 0.846. The molecule has 1 saturated heterocycles. The molecule has 0 unspecified atom stereocenters. The van der Waals surface area contributed by atoms with Gasteiger partial charge in [-0.3, -0.25) is 4.79 Å². The number of aryl methyl sites for hydroxylation is 3. The van der Waals surface area contributed by atoms with Gasteiger partial charge in [-0.05, 0) is 20.8 Å². The minimum Gasteiger partial charge on any atom is -0.486 e. The minimum absolute atomic E-state index is 0.0167. The monoisotopic (exact) mass is 318 g/mol. The standard InChI is InChI=1S/C16H18N2O5/c1-9-4-12(5-16(20)21-9)22-13-7-18(8-13)15(19)6-14-10(2)17-23-11(14)3/h4-5,13H,6-8H2,1-3H3. The van der Waals surface area contributed by atoms with Crippen LogP contribution in [0.2, 0.25) is 0 Å². The van der Waals surface area contributed by atoms with Crippen LogP contribution in [0, 0.1) is 20.8 Å². The summed E-state index contributed by atoms with van der Waals surface area (Å²) in [5.41, 5.74) is 1.15. The van der Waals surface area contributed by atoms with Crippen molar-refractivity contribution < 1.29 is 18.5 Å². The Morgan fingerprint density at radius 2 is 2.09 bits per heavy atom. The summed E-state index contributed by atoms with van der Waals surface area (Å²) in [5, 5.41) is 3.85. The van der Waals surface area contributed by atoms with Crippen LogP contribution >= 0.6 is 0 Å². The molecule has 7 heteroatoms. The molecular weight excluding hydrogens is 300 g/mol. The fourth-order valence-corrected chi connectivity index (χ4v) is 2.57. The second-order valence-corrected chi connectivity index (χ2v) is 5.74. The van der Waals surface area contributed by atoms with Gasteiger partial charge in [-0.25, -0.2) is 4.79 Å². The smallest absolute Gasteiger partial charge is 0.339 e. The predicted molar refractivity (Wildman–Crippen MR) is 80.4 cm³/mol. The highest BCUT2D eigenvalue weighted by molar-refractivity contribution is 5.80. The lowest BCUT2D eigenvalue weighted by molar-refractivity contribution is -0.139. The number of carbonyl (C=O) groups excluding carboxylic acids is 1. The molecule has 0 N–H and O–H groups in total. The van der Waals surface area contributed by atoms with Crippen LogP contribution < -0.4 is 10.4 Å². The van der Waals surface area contributed by atoms with Gasteiger partial charge in [-0.2, -0.15) is 0 Å². The molecule has 1 aliphatic heterocycles. The van der Waals surface area contributed by atoms with E-state index in [-0.39, 0.29) is 18.4 Å². The predicted octanol–water partition coefficient (Wildman–Crippen LogP) is 1.39. The maximum absolute atomic E-state index is 12.2. The fraction of sp³-hybridized carbons (Fsp3) is 0.438. The number of hydrogen-bond acceptors (Lipinski definition) is 6. The van der Waals surface area contributed by atoms with Gasteiger partial charge < -0.3 is 18.6 Å². The number of likely N-dealkylation sites (tertiary alicyclic amines) is 1. The molecule has 23 heavy (non-hydrogen) atoms. The van der Waals surface area contributed by atoms with E-state index in [9.17, 15) is 9.59 Å². The van der Waals surface area contributed by atoms with Gasteiger partial charge in [0.25, 0.3) is 0 Å². The molecule has 0 bridgehead atoms. The first-order valence-electron chi connectivity index (χ1n) is 7.40. The molecule has 0 radical (unpaired) electrons. The second-order valence-electron chi connectivity index (χ2n) is 5.74. The number of hydrogen-bond donors (Lipinski definition) is 0. The van der Waals surface area contributed by atoms with Crippen molar-refractivity contribution in [3.8, 4) is 5.75 Å². The average molecular weight is 318 g/mol. The lowest BCUT2D eigenvalue weighted by atomic mass is 10.1. The normalized spacial score (nSPS) is 14.7. The molecule has 0 saturated carbocycles. The van der Waals surface area contributed by atoms with Crippen LogP contribution in [0.5, 0.6) is 5.75 Å². The summed E-state index contributed by atoms with van der Waals surface area (Å²) in [7, 11) is 0. The van der Waals surface area contributed by atoms with E-state index in [1.54, 1.807) is 24.8 Å². The number of nitrogens with zero attached hydrogens (tertiary/aromatic N) is 2. The highest BCUT2D eigenvalue weighted by atomic mass is 16.5. The molecule has 0 aliphatic carbocycles. The summed E-state index contributed by atoms with van der Waals surface area (Å²) < 4.78 is 15.6. The summed E-state index contributed by atoms with van der Waals surface area (Å²) in [6.45, 7) is 6.32. The largest absolute Gasteiger partial charge is 0.486 e. The zero-order chi connectivity index (χ0) is 16.6. The minimum atomic E-state index is -0.439. The first kappa shape index (κ1) is 15.3. The maximum Gasteiger partial charge on any atom is 0.339 e. The van der Waals surface area contributed by atoms with Crippen LogP contribution in [0.25, 0.3) is 0 Å². The molecule has 7 nitrogen and oxygen atoms in total. The van der Waals surface area contributed by atoms with Gasteiger partial charge in [0.1, 0.15) is 23.4 Å². The molecule has 122 valence electrons. The molecule has 0 spiro atoms. The lowest BCUT2D eigenvalue weighted by Crippen LogP contribution is -2.56. The highest BCUT2D eigenvalue weighted by Gasteiger charge is 2.33. The molecule has 1 aliphatic rings. The molecule has 0 atom stereocenters. The SMILES string of the molecule is Cc1cc(OC2CN(C(=O)Cc3c(C)noc3C)C2)cc(=O)o1. The molecule has 3 heterocycles. The first-order valence-corrected chi connectivity index (χ1v) is 7.40. The molecule has 1 amide bonds. The highest BCUT2D eigenvalue weighted by Crippen LogP contribution is 2.20. The Bertz CT molecular complexity index is 767. The Balaban J connectivity index is 1.54. The fourth-order valence-electron chi connectivity index (χ4n) is 2.57. The van der Waals surface area contributed by atoms with E-state index in [0.29, 0.717) is 30.4 Å². The molecule has 0 aromatic carbocycles. The van der Waals surface area contributed by atoms with Crippen molar-refractivity contribution >= 4 is 5.91 Å². The van der Waals surface area contributed by atoms with Crippen LogP contribution in [0.3, 0.4) is 0 Å². The van der Waals surface area contributed by atoms with Crippen LogP contribution in [-0.2, 0) is 11.2 Å². The van der Waals surface area contributed by atoms with E-state index in [1.807, 2.05) is 6.92 Å². The van der Waals surface area contributed by atoms with Crippen molar-refractivity contribution in [2.24, 2.45) is 0 Å². The zero-order valence-electron chi connectivity index (χ0n) is 13.3. The number of rotatable bonds is 4. The first-order chi connectivity index (χ1) is 10.9. The van der Waals surface area contributed by atoms with Gasteiger partial charge in [-0.15, -0.1) is 0 Å². The Labute approximate surface area is 132 Å².